The van der Waals surface area contributed by atoms with E-state index < -0.39 is 17.4 Å². The summed E-state index contributed by atoms with van der Waals surface area (Å²) in [6.07, 6.45) is 16.3. The third-order valence-electron chi connectivity index (χ3n) is 17.1. The van der Waals surface area contributed by atoms with Crippen LogP contribution in [-0.2, 0) is 23.9 Å². The second kappa shape index (κ2) is 20.4. The van der Waals surface area contributed by atoms with Crippen molar-refractivity contribution in [1.29, 1.82) is 5.26 Å². The maximum Gasteiger partial charge on any atom is 0.309 e. The van der Waals surface area contributed by atoms with Crippen LogP contribution in [0.15, 0.2) is 59.1 Å². The van der Waals surface area contributed by atoms with E-state index in [4.69, 9.17) is 9.47 Å². The average Bonchev–Trinajstić information content (AvgIpc) is 3.53. The minimum atomic E-state index is -1.17. The average molecular weight is 890 g/mol. The number of hydrogen-bond donors (Lipinski definition) is 2. The van der Waals surface area contributed by atoms with Crippen molar-refractivity contribution in [2.24, 2.45) is 61.9 Å². The molecule has 0 bridgehead atoms. The smallest absolute Gasteiger partial charge is 0.309 e. The lowest BCUT2D eigenvalue weighted by molar-refractivity contribution is -0.233. The van der Waals surface area contributed by atoms with Crippen molar-refractivity contribution in [3.05, 3.63) is 59.1 Å². The highest BCUT2D eigenvalue weighted by Crippen LogP contribution is 2.77. The number of likely N-dealkylation sites (N-methyl/N-ethyl adjacent to an activating group) is 1. The topological polar surface area (TPSA) is 143 Å². The number of carbonyl (C=O) groups is 3. The van der Waals surface area contributed by atoms with Gasteiger partial charge in [-0.1, -0.05) is 72.8 Å². The minimum absolute atomic E-state index is 0.0472. The van der Waals surface area contributed by atoms with E-state index in [0.29, 0.717) is 29.2 Å². The fourth-order valence-corrected chi connectivity index (χ4v) is 14.1. The number of ketones is 1. The summed E-state index contributed by atoms with van der Waals surface area (Å²) < 4.78 is 11.0. The van der Waals surface area contributed by atoms with E-state index in [1.807, 2.05) is 32.1 Å². The van der Waals surface area contributed by atoms with E-state index in [0.717, 1.165) is 69.2 Å². The molecule has 0 spiro atoms. The van der Waals surface area contributed by atoms with Gasteiger partial charge in [0.1, 0.15) is 6.10 Å². The van der Waals surface area contributed by atoms with Gasteiger partial charge in [-0.05, 0) is 163 Å². The van der Waals surface area contributed by atoms with E-state index in [2.05, 4.69) is 94.6 Å². The van der Waals surface area contributed by atoms with E-state index in [-0.39, 0.29) is 51.4 Å². The maximum atomic E-state index is 13.2. The Hall–Kier alpha value is -3.47. The molecule has 0 aliphatic heterocycles. The first-order chi connectivity index (χ1) is 29.1. The minimum Gasteiger partial charge on any atom is -0.502 e. The number of rotatable bonds is 12. The Bertz CT molecular complexity index is 1930. The molecule has 8 unspecified atom stereocenters. The molecule has 0 aromatic heterocycles. The third kappa shape index (κ3) is 10.0. The molecule has 0 aromatic carbocycles. The predicted octanol–water partition coefficient (Wildman–Crippen LogP) is 11.7. The zero-order chi connectivity index (χ0) is 48.3. The molecule has 0 heterocycles. The largest absolute Gasteiger partial charge is 0.502 e. The van der Waals surface area contributed by atoms with Crippen LogP contribution in [0.4, 0.5) is 0 Å². The Morgan fingerprint density at radius 3 is 2.13 bits per heavy atom. The molecule has 0 saturated heterocycles. The number of carboxylic acid groups (broad SMARTS) is 1. The Morgan fingerprint density at radius 2 is 1.62 bits per heavy atom. The zero-order valence-electron chi connectivity index (χ0n) is 42.0. The second-order valence-corrected chi connectivity index (χ2v) is 22.2. The molecule has 10 heteroatoms. The number of carbonyl (C=O) groups excluding carboxylic acids is 2. The van der Waals surface area contributed by atoms with Gasteiger partial charge < -0.3 is 25.2 Å². The van der Waals surface area contributed by atoms with E-state index >= 15 is 0 Å². The summed E-state index contributed by atoms with van der Waals surface area (Å²) in [7, 11) is 9.47. The quantitative estimate of drug-likeness (QED) is 0.0489. The van der Waals surface area contributed by atoms with Crippen LogP contribution in [0.25, 0.3) is 0 Å². The molecule has 63 heavy (non-hydrogen) atoms. The van der Waals surface area contributed by atoms with E-state index in [1.54, 1.807) is 39.5 Å². The number of fused-ring (bicyclic) bond motifs is 7. The molecule has 9 nitrogen and oxygen atoms in total. The van der Waals surface area contributed by atoms with Crippen molar-refractivity contribution in [3.63, 3.8) is 0 Å². The van der Waals surface area contributed by atoms with Crippen LogP contribution < -0.4 is 5.73 Å². The molecular formula is C53H84N3O6P. The van der Waals surface area contributed by atoms with Gasteiger partial charge in [0.15, 0.2) is 5.78 Å². The van der Waals surface area contributed by atoms with E-state index in [1.165, 1.54) is 17.9 Å². The molecule has 0 radical (unpaired) electrons. The van der Waals surface area contributed by atoms with Crippen molar-refractivity contribution in [2.45, 2.75) is 166 Å². The normalized spacial score (nSPS) is 32.9. The Labute approximate surface area is 384 Å². The number of nitriles is 1. The predicted molar refractivity (Wildman–Crippen MR) is 260 cm³/mol. The lowest BCUT2D eigenvalue weighted by Gasteiger charge is -2.72. The lowest BCUT2D eigenvalue weighted by atomic mass is 9.33. The Balaban J connectivity index is 0.00000122. The summed E-state index contributed by atoms with van der Waals surface area (Å²) in [4.78, 5) is 40.4. The van der Waals surface area contributed by atoms with Crippen LogP contribution in [0.1, 0.15) is 154 Å². The van der Waals surface area contributed by atoms with Crippen LogP contribution in [-0.4, -0.2) is 66.4 Å². The molecule has 5 aliphatic rings. The molecular weight excluding hydrogens is 806 g/mol. The molecule has 0 aromatic rings. The fourth-order valence-electron chi connectivity index (χ4n) is 13.4. The highest BCUT2D eigenvalue weighted by atomic mass is 31.0. The maximum absolute atomic E-state index is 13.2. The summed E-state index contributed by atoms with van der Waals surface area (Å²) in [5.74, 6) is 1.20. The number of methoxy groups -OCH3 is 1. The van der Waals surface area contributed by atoms with Gasteiger partial charge in [-0.3, -0.25) is 14.4 Å². The summed E-state index contributed by atoms with van der Waals surface area (Å²) >= 11 is 0. The molecule has 0 amide bonds. The van der Waals surface area contributed by atoms with Gasteiger partial charge in [-0.15, -0.1) is 8.86 Å². The van der Waals surface area contributed by atoms with Gasteiger partial charge in [-0.25, -0.2) is 0 Å². The SMILES string of the molecule is C/C=C(\C)OC.C=C(C#N)/C=C\C(C)N(C)/C(=C\C(C)=O)C12CC[C@]3(C)C(CCC4C5(C)CCC(OC(=O)CC(C)(C)C(=O)O)C(C)(C)C5CCC43C)C1=C(C(C)C)C(=P)C2.CN. The molecule has 3 N–H and O–H groups in total. The number of allylic oxidation sites excluding steroid dienone is 7. The number of nitrogens with two attached hydrogens (primary N) is 1. The fraction of sp³-hybridized carbons (Fsp3) is 0.717. The van der Waals surface area contributed by atoms with Crippen molar-refractivity contribution < 1.29 is 29.0 Å². The highest BCUT2D eigenvalue weighted by molar-refractivity contribution is 7.22. The first-order valence-electron chi connectivity index (χ1n) is 23.4. The van der Waals surface area contributed by atoms with Gasteiger partial charge in [0.2, 0.25) is 0 Å². The third-order valence-corrected chi connectivity index (χ3v) is 17.6. The zero-order valence-corrected chi connectivity index (χ0v) is 43.0. The van der Waals surface area contributed by atoms with Crippen LogP contribution in [0.2, 0.25) is 0 Å². The number of carboxylic acids is 1. The van der Waals surface area contributed by atoms with Crippen LogP contribution in [0, 0.1) is 67.5 Å². The highest BCUT2D eigenvalue weighted by Gasteiger charge is 2.70. The monoisotopic (exact) mass is 890 g/mol. The number of ether oxygens (including phenoxy) is 2. The van der Waals surface area contributed by atoms with Gasteiger partial charge in [0.05, 0.1) is 30.8 Å². The van der Waals surface area contributed by atoms with Crippen molar-refractivity contribution in [2.75, 3.05) is 21.2 Å². The standard InChI is InChI=1S/C47H69N2O5P.C5H10O.CH5N/c1-28(2)39-33(55)25-47(36(24-31(5)50)49(13)30(4)15-14-29(3)27-48)23-22-45(11)32(40(39)47)16-17-35-44(10)20-19-37(54-38(51)26-42(6,7)41(52)53)43(8,9)34(44)18-21-46(35,45)12;1-4-5(2)6-3;1-2/h14-15,24,28,30,32,34-35,37,55H,3,16-23,25-26H2,1-2,4-13H3,(H,52,53);4H,1-3H3;2H2,1H3/b15-14-,36-24-;5-4+;/t30?,32?,34?,35?,37?,44?,45-,46?,47?;;/m1../s1. The van der Waals surface area contributed by atoms with Crippen molar-refractivity contribution in [1.82, 2.24) is 4.90 Å². The number of hydrogen-bond acceptors (Lipinski definition) is 8. The number of nitrogens with zero attached hydrogens (tertiary/aromatic N) is 2. The van der Waals surface area contributed by atoms with Crippen molar-refractivity contribution >= 4 is 31.9 Å². The van der Waals surface area contributed by atoms with Gasteiger partial charge in [0.25, 0.3) is 0 Å². The number of esters is 1. The molecule has 5 rings (SSSR count). The molecule has 9 atom stereocenters. The van der Waals surface area contributed by atoms with Crippen LogP contribution >= 0.6 is 8.86 Å². The summed E-state index contributed by atoms with van der Waals surface area (Å²) in [5.41, 5.74) is 7.48. The molecule has 4 saturated carbocycles. The first-order valence-corrected chi connectivity index (χ1v) is 23.9. The second-order valence-electron chi connectivity index (χ2n) is 21.6. The molecule has 5 aliphatic carbocycles. The van der Waals surface area contributed by atoms with E-state index in [9.17, 15) is 24.8 Å². The Morgan fingerprint density at radius 1 is 1.00 bits per heavy atom. The summed E-state index contributed by atoms with van der Waals surface area (Å²) in [6, 6.07) is 2.08. The van der Waals surface area contributed by atoms with Gasteiger partial charge in [-0.2, -0.15) is 5.26 Å². The van der Waals surface area contributed by atoms with Crippen LogP contribution in [0.5, 0.6) is 0 Å². The molecule has 352 valence electrons. The van der Waals surface area contributed by atoms with Gasteiger partial charge in [0, 0.05) is 41.3 Å². The number of aliphatic carboxylic acids is 1. The summed E-state index contributed by atoms with van der Waals surface area (Å²) in [6.45, 7) is 31.6. The lowest BCUT2D eigenvalue weighted by Crippen LogP contribution is -2.66. The molecule has 4 fully saturated rings. The first kappa shape index (κ1) is 53.9. The van der Waals surface area contributed by atoms with Gasteiger partial charge >= 0.3 is 11.9 Å². The summed E-state index contributed by atoms with van der Waals surface area (Å²) in [5, 5.41) is 20.3. The Kier molecular flexibility index (Phi) is 17.4. The van der Waals surface area contributed by atoms with Crippen molar-refractivity contribution in [3.8, 4) is 6.07 Å². The van der Waals surface area contributed by atoms with Crippen LogP contribution in [0.3, 0.4) is 0 Å².